The second-order valence-corrected chi connectivity index (χ2v) is 10.1. The number of anilines is 3. The molecule has 194 valence electrons. The SMILES string of the molecule is COc1cc2c(cc1NC(=O)C1CCC(Nc3nc(N(C)C)c4ccccc4n3)CC1)oc1ccccc12. The molecule has 0 radical (unpaired) electrons. The third-order valence-corrected chi connectivity index (χ3v) is 7.39. The van der Waals surface area contributed by atoms with Crippen LogP contribution in [0.4, 0.5) is 17.5 Å². The molecule has 0 saturated heterocycles. The van der Waals surface area contributed by atoms with Crippen molar-refractivity contribution in [1.29, 1.82) is 0 Å². The summed E-state index contributed by atoms with van der Waals surface area (Å²) >= 11 is 0. The van der Waals surface area contributed by atoms with E-state index in [1.807, 2.05) is 79.7 Å². The molecule has 0 aliphatic heterocycles. The number of para-hydroxylation sites is 2. The Morgan fingerprint density at radius 3 is 2.42 bits per heavy atom. The van der Waals surface area contributed by atoms with Gasteiger partial charge in [0.25, 0.3) is 0 Å². The molecule has 6 rings (SSSR count). The average molecular weight is 510 g/mol. The van der Waals surface area contributed by atoms with Gasteiger partial charge in [-0.15, -0.1) is 0 Å². The molecule has 0 spiro atoms. The molecule has 5 aromatic rings. The van der Waals surface area contributed by atoms with E-state index in [9.17, 15) is 4.79 Å². The van der Waals surface area contributed by atoms with Gasteiger partial charge in [0.2, 0.25) is 11.9 Å². The van der Waals surface area contributed by atoms with Gasteiger partial charge in [0.1, 0.15) is 22.7 Å². The Hall–Kier alpha value is -4.33. The van der Waals surface area contributed by atoms with Crippen LogP contribution in [0.2, 0.25) is 0 Å². The van der Waals surface area contributed by atoms with E-state index in [0.717, 1.165) is 64.3 Å². The number of methoxy groups -OCH3 is 1. The van der Waals surface area contributed by atoms with Gasteiger partial charge in [-0.25, -0.2) is 4.98 Å². The molecular formula is C30H31N5O3. The molecule has 1 aliphatic rings. The van der Waals surface area contributed by atoms with Crippen LogP contribution in [0.25, 0.3) is 32.8 Å². The van der Waals surface area contributed by atoms with Crippen molar-refractivity contribution < 1.29 is 13.9 Å². The first-order chi connectivity index (χ1) is 18.5. The lowest BCUT2D eigenvalue weighted by Crippen LogP contribution is -2.32. The van der Waals surface area contributed by atoms with Gasteiger partial charge < -0.3 is 24.7 Å². The summed E-state index contributed by atoms with van der Waals surface area (Å²) in [6, 6.07) is 19.9. The predicted molar refractivity (Wildman–Crippen MR) is 152 cm³/mol. The van der Waals surface area contributed by atoms with Crippen molar-refractivity contribution in [1.82, 2.24) is 9.97 Å². The first kappa shape index (κ1) is 24.0. The second-order valence-electron chi connectivity index (χ2n) is 10.1. The van der Waals surface area contributed by atoms with E-state index in [4.69, 9.17) is 19.1 Å². The number of amides is 1. The van der Waals surface area contributed by atoms with Crippen molar-refractivity contribution >= 4 is 56.2 Å². The minimum Gasteiger partial charge on any atom is -0.495 e. The van der Waals surface area contributed by atoms with Crippen molar-refractivity contribution in [3.05, 3.63) is 60.7 Å². The number of fused-ring (bicyclic) bond motifs is 4. The number of nitrogens with one attached hydrogen (secondary N) is 2. The van der Waals surface area contributed by atoms with Gasteiger partial charge in [-0.05, 0) is 49.9 Å². The van der Waals surface area contributed by atoms with Crippen LogP contribution in [0.5, 0.6) is 5.75 Å². The molecule has 3 aromatic carbocycles. The minimum atomic E-state index is -0.0704. The van der Waals surface area contributed by atoms with Gasteiger partial charge in [0, 0.05) is 48.3 Å². The first-order valence-corrected chi connectivity index (χ1v) is 13.0. The fraction of sp³-hybridized carbons (Fsp3) is 0.300. The summed E-state index contributed by atoms with van der Waals surface area (Å²) < 4.78 is 11.6. The van der Waals surface area contributed by atoms with Gasteiger partial charge in [0.15, 0.2) is 0 Å². The number of benzene rings is 3. The summed E-state index contributed by atoms with van der Waals surface area (Å²) in [6.07, 6.45) is 3.30. The quantitative estimate of drug-likeness (QED) is 0.281. The molecule has 0 atom stereocenters. The highest BCUT2D eigenvalue weighted by Gasteiger charge is 2.28. The number of hydrogen-bond acceptors (Lipinski definition) is 7. The Kier molecular flexibility index (Phi) is 6.23. The van der Waals surface area contributed by atoms with Crippen LogP contribution >= 0.6 is 0 Å². The number of nitrogens with zero attached hydrogens (tertiary/aromatic N) is 3. The highest BCUT2D eigenvalue weighted by Crippen LogP contribution is 2.37. The summed E-state index contributed by atoms with van der Waals surface area (Å²) in [5.74, 6) is 2.08. The summed E-state index contributed by atoms with van der Waals surface area (Å²) in [4.78, 5) is 24.7. The number of aromatic nitrogens is 2. The first-order valence-electron chi connectivity index (χ1n) is 13.0. The van der Waals surface area contributed by atoms with Crippen LogP contribution in [0.1, 0.15) is 25.7 Å². The summed E-state index contributed by atoms with van der Waals surface area (Å²) in [5, 5.41) is 9.63. The summed E-state index contributed by atoms with van der Waals surface area (Å²) in [7, 11) is 5.60. The number of furan rings is 1. The van der Waals surface area contributed by atoms with E-state index < -0.39 is 0 Å². The van der Waals surface area contributed by atoms with Crippen LogP contribution in [0, 0.1) is 5.92 Å². The smallest absolute Gasteiger partial charge is 0.227 e. The van der Waals surface area contributed by atoms with E-state index in [0.29, 0.717) is 17.4 Å². The third kappa shape index (κ3) is 4.47. The van der Waals surface area contributed by atoms with Crippen molar-refractivity contribution in [3.63, 3.8) is 0 Å². The predicted octanol–water partition coefficient (Wildman–Crippen LogP) is 6.21. The molecule has 2 N–H and O–H groups in total. The second kappa shape index (κ2) is 9.85. The van der Waals surface area contributed by atoms with Gasteiger partial charge in [-0.1, -0.05) is 30.3 Å². The summed E-state index contributed by atoms with van der Waals surface area (Å²) in [6.45, 7) is 0. The normalized spacial score (nSPS) is 17.6. The lowest BCUT2D eigenvalue weighted by Gasteiger charge is -2.29. The molecule has 1 saturated carbocycles. The maximum absolute atomic E-state index is 13.2. The topological polar surface area (TPSA) is 92.5 Å². The van der Waals surface area contributed by atoms with E-state index >= 15 is 0 Å². The molecule has 0 unspecified atom stereocenters. The molecular weight excluding hydrogens is 478 g/mol. The molecule has 8 heteroatoms. The Labute approximate surface area is 221 Å². The van der Waals surface area contributed by atoms with Crippen LogP contribution in [0.15, 0.2) is 65.1 Å². The van der Waals surface area contributed by atoms with Crippen molar-refractivity contribution in [2.24, 2.45) is 5.92 Å². The van der Waals surface area contributed by atoms with Crippen LogP contribution in [-0.4, -0.2) is 43.1 Å². The Morgan fingerprint density at radius 1 is 0.921 bits per heavy atom. The van der Waals surface area contributed by atoms with Gasteiger partial charge in [0.05, 0.1) is 18.3 Å². The lowest BCUT2D eigenvalue weighted by atomic mass is 9.85. The monoisotopic (exact) mass is 509 g/mol. The van der Waals surface area contributed by atoms with Gasteiger partial charge in [-0.3, -0.25) is 4.79 Å². The largest absolute Gasteiger partial charge is 0.495 e. The maximum atomic E-state index is 13.2. The fourth-order valence-corrected chi connectivity index (χ4v) is 5.40. The molecule has 8 nitrogen and oxygen atoms in total. The highest BCUT2D eigenvalue weighted by atomic mass is 16.5. The lowest BCUT2D eigenvalue weighted by molar-refractivity contribution is -0.120. The fourth-order valence-electron chi connectivity index (χ4n) is 5.40. The molecule has 38 heavy (non-hydrogen) atoms. The standard InChI is InChI=1S/C30H31N5O3/c1-35(2)28-21-9-4-6-10-23(21)33-30(34-28)31-19-14-12-18(13-15-19)29(36)32-24-17-26-22(16-27(24)37-3)20-8-5-7-11-25(20)38-26/h4-11,16-19H,12-15H2,1-3H3,(H,32,36)(H,31,33,34). The number of ether oxygens (including phenoxy) is 1. The number of carbonyl (C=O) groups excluding carboxylic acids is 1. The maximum Gasteiger partial charge on any atom is 0.227 e. The number of rotatable bonds is 6. The van der Waals surface area contributed by atoms with E-state index in [1.165, 1.54) is 0 Å². The van der Waals surface area contributed by atoms with Crippen LogP contribution < -0.4 is 20.3 Å². The van der Waals surface area contributed by atoms with Gasteiger partial charge in [-0.2, -0.15) is 4.98 Å². The van der Waals surface area contributed by atoms with E-state index in [1.54, 1.807) is 7.11 Å². The molecule has 1 fully saturated rings. The Morgan fingerprint density at radius 2 is 1.66 bits per heavy atom. The van der Waals surface area contributed by atoms with Gasteiger partial charge >= 0.3 is 0 Å². The number of carbonyl (C=O) groups is 1. The zero-order valence-electron chi connectivity index (χ0n) is 21.8. The van der Waals surface area contributed by atoms with Crippen molar-refractivity contribution in [2.45, 2.75) is 31.7 Å². The van der Waals surface area contributed by atoms with Crippen molar-refractivity contribution in [3.8, 4) is 5.75 Å². The molecule has 0 bridgehead atoms. The zero-order valence-corrected chi connectivity index (χ0v) is 21.8. The molecule has 1 aliphatic carbocycles. The molecule has 2 aromatic heterocycles. The Balaban J connectivity index is 1.13. The van der Waals surface area contributed by atoms with E-state index in [2.05, 4.69) is 10.6 Å². The van der Waals surface area contributed by atoms with E-state index in [-0.39, 0.29) is 17.9 Å². The zero-order chi connectivity index (χ0) is 26.2. The highest BCUT2D eigenvalue weighted by molar-refractivity contribution is 6.08. The molecule has 2 heterocycles. The summed E-state index contributed by atoms with van der Waals surface area (Å²) in [5.41, 5.74) is 3.08. The van der Waals surface area contributed by atoms with Crippen molar-refractivity contribution in [2.75, 3.05) is 36.7 Å². The number of hydrogen-bond donors (Lipinski definition) is 2. The minimum absolute atomic E-state index is 0.00839. The molecule has 1 amide bonds. The average Bonchev–Trinajstić information content (AvgIpc) is 3.29. The van der Waals surface area contributed by atoms with Crippen LogP contribution in [-0.2, 0) is 4.79 Å². The Bertz CT molecular complexity index is 1640. The third-order valence-electron chi connectivity index (χ3n) is 7.39. The van der Waals surface area contributed by atoms with Crippen LogP contribution in [0.3, 0.4) is 0 Å².